The molecule has 146 valence electrons. The van der Waals surface area contributed by atoms with Gasteiger partial charge in [0.2, 0.25) is 5.95 Å². The SMILES string of the molecule is CN(C)/C=N/c1nc2c(ncn2[C@@H]2O[C@H](CO)[C@H]3OC(C)(C)O[C@H]32)c(=O)[nH]1. The molecule has 0 aliphatic carbocycles. The number of hydrogen-bond acceptors (Lipinski definition) is 8. The number of hydrogen-bond donors (Lipinski definition) is 2. The molecule has 0 spiro atoms. The zero-order chi connectivity index (χ0) is 19.3. The number of aliphatic hydroxyl groups is 1. The Bertz CT molecular complexity index is 935. The van der Waals surface area contributed by atoms with Gasteiger partial charge in [0.25, 0.3) is 5.56 Å². The van der Waals surface area contributed by atoms with Crippen molar-refractivity contribution in [1.82, 2.24) is 24.4 Å². The van der Waals surface area contributed by atoms with Gasteiger partial charge >= 0.3 is 0 Å². The minimum absolute atomic E-state index is 0.153. The molecule has 4 rings (SSSR count). The number of rotatable bonds is 4. The van der Waals surface area contributed by atoms with Gasteiger partial charge in [0.05, 0.1) is 19.3 Å². The van der Waals surface area contributed by atoms with Crippen LogP contribution in [0.2, 0.25) is 0 Å². The van der Waals surface area contributed by atoms with Crippen LogP contribution in [0.4, 0.5) is 5.95 Å². The van der Waals surface area contributed by atoms with E-state index in [-0.39, 0.29) is 18.1 Å². The summed E-state index contributed by atoms with van der Waals surface area (Å²) in [6.45, 7) is 3.40. The summed E-state index contributed by atoms with van der Waals surface area (Å²) >= 11 is 0. The van der Waals surface area contributed by atoms with E-state index in [4.69, 9.17) is 14.2 Å². The molecule has 2 aromatic heterocycles. The first-order chi connectivity index (χ1) is 12.8. The number of H-pyrrole nitrogens is 1. The van der Waals surface area contributed by atoms with Crippen LogP contribution in [0.5, 0.6) is 0 Å². The summed E-state index contributed by atoms with van der Waals surface area (Å²) in [5.41, 5.74) is 0.0895. The molecule has 11 heteroatoms. The Labute approximate surface area is 154 Å². The summed E-state index contributed by atoms with van der Waals surface area (Å²) < 4.78 is 19.4. The standard InChI is InChI=1S/C16H22N6O5/c1-16(2)26-10-8(5-23)25-14(11(10)27-16)22-7-17-9-12(22)19-15(20-13(9)24)18-6-21(3)4/h6-8,10-11,14,23H,5H2,1-4H3,(H,19,20,24)/b18-6+/t8-,10-,11-,14-/m1/s1. The van der Waals surface area contributed by atoms with Crippen molar-refractivity contribution < 1.29 is 19.3 Å². The van der Waals surface area contributed by atoms with Gasteiger partial charge in [0.1, 0.15) is 18.3 Å². The normalized spacial score (nSPS) is 29.7. The molecule has 2 saturated heterocycles. The highest BCUT2D eigenvalue weighted by molar-refractivity contribution is 5.71. The number of fused-ring (bicyclic) bond motifs is 2. The minimum atomic E-state index is -0.798. The van der Waals surface area contributed by atoms with Crippen molar-refractivity contribution >= 4 is 23.5 Å². The molecule has 2 aliphatic heterocycles. The Hall–Kier alpha value is -2.34. The van der Waals surface area contributed by atoms with Gasteiger partial charge in [-0.05, 0) is 13.8 Å². The van der Waals surface area contributed by atoms with Crippen LogP contribution in [0.15, 0.2) is 16.1 Å². The predicted octanol–water partition coefficient (Wildman–Crippen LogP) is -0.249. The number of aliphatic hydroxyl groups excluding tert-OH is 1. The third-order valence-electron chi connectivity index (χ3n) is 4.41. The zero-order valence-corrected chi connectivity index (χ0v) is 15.5. The molecule has 4 heterocycles. The quantitative estimate of drug-likeness (QED) is 0.551. The Morgan fingerprint density at radius 3 is 2.85 bits per heavy atom. The van der Waals surface area contributed by atoms with E-state index < -0.39 is 35.9 Å². The molecular weight excluding hydrogens is 356 g/mol. The van der Waals surface area contributed by atoms with Gasteiger partial charge < -0.3 is 24.2 Å². The molecule has 0 saturated carbocycles. The number of imidazole rings is 1. The molecule has 27 heavy (non-hydrogen) atoms. The fraction of sp³-hybridized carbons (Fsp3) is 0.625. The summed E-state index contributed by atoms with van der Waals surface area (Å²) in [6.07, 6.45) is 0.921. The van der Waals surface area contributed by atoms with Crippen molar-refractivity contribution in [2.24, 2.45) is 4.99 Å². The van der Waals surface area contributed by atoms with Crippen LogP contribution < -0.4 is 5.56 Å². The zero-order valence-electron chi connectivity index (χ0n) is 15.5. The van der Waals surface area contributed by atoms with Crippen molar-refractivity contribution in [3.63, 3.8) is 0 Å². The molecule has 2 aromatic rings. The van der Waals surface area contributed by atoms with Gasteiger partial charge in [0, 0.05) is 14.1 Å². The first-order valence-corrected chi connectivity index (χ1v) is 8.58. The average molecular weight is 378 g/mol. The number of aliphatic imine (C=N–C) groups is 1. The van der Waals surface area contributed by atoms with Crippen molar-refractivity contribution in [2.75, 3.05) is 20.7 Å². The molecule has 2 fully saturated rings. The summed E-state index contributed by atoms with van der Waals surface area (Å²) in [4.78, 5) is 29.3. The van der Waals surface area contributed by atoms with E-state index in [0.717, 1.165) is 0 Å². The molecule has 4 atom stereocenters. The largest absolute Gasteiger partial charge is 0.394 e. The second-order valence-corrected chi connectivity index (χ2v) is 7.23. The fourth-order valence-corrected chi connectivity index (χ4v) is 3.36. The monoisotopic (exact) mass is 378 g/mol. The first-order valence-electron chi connectivity index (χ1n) is 8.58. The highest BCUT2D eigenvalue weighted by atomic mass is 16.8. The maximum absolute atomic E-state index is 12.3. The Morgan fingerprint density at radius 1 is 1.41 bits per heavy atom. The lowest BCUT2D eigenvalue weighted by Gasteiger charge is -2.24. The number of nitrogens with zero attached hydrogens (tertiary/aromatic N) is 5. The van der Waals surface area contributed by atoms with E-state index in [1.165, 1.54) is 12.7 Å². The van der Waals surface area contributed by atoms with Crippen molar-refractivity contribution in [1.29, 1.82) is 0 Å². The summed E-state index contributed by atoms with van der Waals surface area (Å²) in [7, 11) is 3.62. The molecule has 0 aromatic carbocycles. The Kier molecular flexibility index (Phi) is 4.26. The minimum Gasteiger partial charge on any atom is -0.394 e. The van der Waals surface area contributed by atoms with E-state index in [0.29, 0.717) is 5.65 Å². The molecule has 0 radical (unpaired) electrons. The van der Waals surface area contributed by atoms with E-state index in [2.05, 4.69) is 19.9 Å². The van der Waals surface area contributed by atoms with Gasteiger partial charge in [-0.2, -0.15) is 4.98 Å². The van der Waals surface area contributed by atoms with Gasteiger partial charge in [-0.25, -0.2) is 9.98 Å². The molecule has 0 bridgehead atoms. The lowest BCUT2D eigenvalue weighted by atomic mass is 10.1. The summed E-state index contributed by atoms with van der Waals surface area (Å²) in [5, 5.41) is 9.64. The lowest BCUT2D eigenvalue weighted by molar-refractivity contribution is -0.199. The van der Waals surface area contributed by atoms with Gasteiger partial charge in [0.15, 0.2) is 23.2 Å². The summed E-state index contributed by atoms with van der Waals surface area (Å²) in [5.74, 6) is -0.645. The van der Waals surface area contributed by atoms with Crippen LogP contribution in [0.25, 0.3) is 11.2 Å². The van der Waals surface area contributed by atoms with Crippen molar-refractivity contribution in [3.8, 4) is 0 Å². The highest BCUT2D eigenvalue weighted by Gasteiger charge is 2.56. The first kappa shape index (κ1) is 18.0. The summed E-state index contributed by atoms with van der Waals surface area (Å²) in [6, 6.07) is 0. The lowest BCUT2D eigenvalue weighted by Crippen LogP contribution is -2.31. The Morgan fingerprint density at radius 2 is 2.15 bits per heavy atom. The maximum Gasteiger partial charge on any atom is 0.280 e. The van der Waals surface area contributed by atoms with Crippen LogP contribution in [0.1, 0.15) is 20.1 Å². The molecule has 0 amide bonds. The van der Waals surface area contributed by atoms with Crippen LogP contribution >= 0.6 is 0 Å². The average Bonchev–Trinajstić information content (AvgIpc) is 3.23. The van der Waals surface area contributed by atoms with E-state index >= 15 is 0 Å². The topological polar surface area (TPSA) is 127 Å². The number of aromatic nitrogens is 4. The van der Waals surface area contributed by atoms with Crippen molar-refractivity contribution in [3.05, 3.63) is 16.7 Å². The smallest absolute Gasteiger partial charge is 0.280 e. The number of nitrogens with one attached hydrogen (secondary N) is 1. The third kappa shape index (κ3) is 3.12. The molecule has 2 N–H and O–H groups in total. The van der Waals surface area contributed by atoms with Crippen molar-refractivity contribution in [2.45, 2.75) is 44.2 Å². The third-order valence-corrected chi connectivity index (χ3v) is 4.41. The second kappa shape index (κ2) is 6.37. The molecular formula is C16H22N6O5. The van der Waals surface area contributed by atoms with E-state index in [1.54, 1.807) is 23.3 Å². The van der Waals surface area contributed by atoms with Crippen LogP contribution in [-0.4, -0.2) is 80.7 Å². The predicted molar refractivity (Wildman–Crippen MR) is 94.8 cm³/mol. The van der Waals surface area contributed by atoms with Gasteiger partial charge in [-0.3, -0.25) is 14.3 Å². The van der Waals surface area contributed by atoms with Gasteiger partial charge in [-0.1, -0.05) is 0 Å². The van der Waals surface area contributed by atoms with E-state index in [1.807, 2.05) is 14.1 Å². The highest BCUT2D eigenvalue weighted by Crippen LogP contribution is 2.43. The number of ether oxygens (including phenoxy) is 3. The fourth-order valence-electron chi connectivity index (χ4n) is 3.36. The molecule has 11 nitrogen and oxygen atoms in total. The van der Waals surface area contributed by atoms with Crippen LogP contribution in [0, 0.1) is 0 Å². The van der Waals surface area contributed by atoms with Gasteiger partial charge in [-0.15, -0.1) is 0 Å². The molecule has 0 unspecified atom stereocenters. The van der Waals surface area contributed by atoms with E-state index in [9.17, 15) is 9.90 Å². The Balaban J connectivity index is 1.76. The molecule has 2 aliphatic rings. The second-order valence-electron chi connectivity index (χ2n) is 7.23. The van der Waals surface area contributed by atoms with Crippen LogP contribution in [-0.2, 0) is 14.2 Å². The number of aromatic amines is 1. The maximum atomic E-state index is 12.3. The van der Waals surface area contributed by atoms with Crippen LogP contribution in [0.3, 0.4) is 0 Å².